The first kappa shape index (κ1) is 14.7. The molecule has 0 saturated carbocycles. The smallest absolute Gasteiger partial charge is 0.0907 e. The first-order valence-electron chi connectivity index (χ1n) is 6.52. The molecule has 0 unspecified atom stereocenters. The molecular weight excluding hydrogens is 278 g/mol. The molecule has 1 atom stereocenters. The fourth-order valence-corrected chi connectivity index (χ4v) is 3.49. The molecule has 1 fully saturated rings. The number of piperazine rings is 1. The van der Waals surface area contributed by atoms with E-state index in [9.17, 15) is 0 Å². The predicted octanol–water partition coefficient (Wildman–Crippen LogP) is 2.82. The third kappa shape index (κ3) is 3.45. The number of aryl methyl sites for hydroxylation is 1. The lowest BCUT2D eigenvalue weighted by atomic mass is 10.1. The maximum absolute atomic E-state index is 4.51. The summed E-state index contributed by atoms with van der Waals surface area (Å²) in [6.07, 6.45) is 0. The van der Waals surface area contributed by atoms with Crippen molar-refractivity contribution in [3.8, 4) is 0 Å². The molecule has 1 N–H and O–H groups in total. The van der Waals surface area contributed by atoms with Crippen molar-refractivity contribution >= 4 is 34.0 Å². The second-order valence-electron chi connectivity index (χ2n) is 5.13. The summed E-state index contributed by atoms with van der Waals surface area (Å²) in [4.78, 5) is 7.03. The molecule has 1 saturated heterocycles. The zero-order valence-electron chi connectivity index (χ0n) is 11.3. The highest BCUT2D eigenvalue weighted by atomic mass is 35.5. The number of halogens is 1. The minimum atomic E-state index is 0. The standard InChI is InChI=1S/C14H19N3S.ClH/c1-10-8-17(6-5-15-10)9-12-3-4-13-14(7-12)18-11(2)16-13;/h3-4,7,10,15H,5-6,8-9H2,1-2H3;1H/t10-;/m0./s1. The summed E-state index contributed by atoms with van der Waals surface area (Å²) in [6, 6.07) is 7.27. The van der Waals surface area contributed by atoms with Crippen LogP contribution in [-0.4, -0.2) is 35.6 Å². The van der Waals surface area contributed by atoms with Gasteiger partial charge in [0, 0.05) is 32.2 Å². The molecule has 5 heteroatoms. The Hall–Kier alpha value is -0.680. The van der Waals surface area contributed by atoms with Crippen molar-refractivity contribution in [2.24, 2.45) is 0 Å². The van der Waals surface area contributed by atoms with Gasteiger partial charge in [0.2, 0.25) is 0 Å². The average Bonchev–Trinajstić information content (AvgIpc) is 2.68. The SMILES string of the molecule is Cc1nc2ccc(CN3CCN[C@@H](C)C3)cc2s1.Cl. The van der Waals surface area contributed by atoms with Crippen LogP contribution < -0.4 is 5.32 Å². The highest BCUT2D eigenvalue weighted by molar-refractivity contribution is 7.18. The number of rotatable bonds is 2. The van der Waals surface area contributed by atoms with Gasteiger partial charge in [-0.15, -0.1) is 23.7 Å². The van der Waals surface area contributed by atoms with Crippen LogP contribution in [0.2, 0.25) is 0 Å². The van der Waals surface area contributed by atoms with E-state index < -0.39 is 0 Å². The summed E-state index contributed by atoms with van der Waals surface area (Å²) in [5, 5.41) is 4.63. The van der Waals surface area contributed by atoms with E-state index in [1.807, 2.05) is 0 Å². The van der Waals surface area contributed by atoms with Gasteiger partial charge in [0.25, 0.3) is 0 Å². The number of thiazole rings is 1. The molecule has 0 amide bonds. The second kappa shape index (κ2) is 6.18. The molecule has 1 aromatic carbocycles. The molecule has 0 radical (unpaired) electrons. The highest BCUT2D eigenvalue weighted by Crippen LogP contribution is 2.23. The van der Waals surface area contributed by atoms with E-state index >= 15 is 0 Å². The Morgan fingerprint density at radius 3 is 3.11 bits per heavy atom. The second-order valence-corrected chi connectivity index (χ2v) is 6.36. The maximum atomic E-state index is 4.51. The van der Waals surface area contributed by atoms with Crippen LogP contribution in [0.4, 0.5) is 0 Å². The van der Waals surface area contributed by atoms with Crippen LogP contribution in [-0.2, 0) is 6.54 Å². The van der Waals surface area contributed by atoms with Gasteiger partial charge in [-0.2, -0.15) is 0 Å². The molecule has 19 heavy (non-hydrogen) atoms. The maximum Gasteiger partial charge on any atom is 0.0907 e. The van der Waals surface area contributed by atoms with Crippen molar-refractivity contribution < 1.29 is 0 Å². The zero-order valence-corrected chi connectivity index (χ0v) is 13.0. The van der Waals surface area contributed by atoms with Gasteiger partial charge in [-0.25, -0.2) is 4.98 Å². The lowest BCUT2D eigenvalue weighted by Gasteiger charge is -2.31. The summed E-state index contributed by atoms with van der Waals surface area (Å²) < 4.78 is 1.31. The van der Waals surface area contributed by atoms with Crippen LogP contribution in [0.25, 0.3) is 10.2 Å². The Morgan fingerprint density at radius 2 is 2.32 bits per heavy atom. The molecule has 2 aromatic rings. The molecule has 0 aliphatic carbocycles. The number of nitrogens with one attached hydrogen (secondary N) is 1. The van der Waals surface area contributed by atoms with Crippen LogP contribution in [0.3, 0.4) is 0 Å². The molecule has 0 spiro atoms. The Balaban J connectivity index is 0.00000133. The average molecular weight is 298 g/mol. The van der Waals surface area contributed by atoms with Crippen LogP contribution in [0.5, 0.6) is 0 Å². The minimum absolute atomic E-state index is 0. The van der Waals surface area contributed by atoms with Gasteiger partial charge in [0.15, 0.2) is 0 Å². The quantitative estimate of drug-likeness (QED) is 0.924. The van der Waals surface area contributed by atoms with Crippen LogP contribution in [0.1, 0.15) is 17.5 Å². The fourth-order valence-electron chi connectivity index (χ4n) is 2.60. The monoisotopic (exact) mass is 297 g/mol. The Morgan fingerprint density at radius 1 is 1.47 bits per heavy atom. The van der Waals surface area contributed by atoms with Gasteiger partial charge in [-0.05, 0) is 31.5 Å². The van der Waals surface area contributed by atoms with Crippen molar-refractivity contribution in [1.82, 2.24) is 15.2 Å². The molecule has 1 aliphatic rings. The van der Waals surface area contributed by atoms with Crippen molar-refractivity contribution in [2.75, 3.05) is 19.6 Å². The Kier molecular flexibility index (Phi) is 4.79. The Bertz CT molecular complexity index is 555. The molecule has 104 valence electrons. The Labute approximate surface area is 124 Å². The number of hydrogen-bond donors (Lipinski definition) is 1. The van der Waals surface area contributed by atoms with Crippen molar-refractivity contribution in [3.05, 3.63) is 28.8 Å². The predicted molar refractivity (Wildman–Crippen MR) is 84.3 cm³/mol. The van der Waals surface area contributed by atoms with Gasteiger partial charge in [-0.1, -0.05) is 6.07 Å². The van der Waals surface area contributed by atoms with E-state index in [2.05, 4.69) is 47.2 Å². The third-order valence-electron chi connectivity index (χ3n) is 3.42. The van der Waals surface area contributed by atoms with E-state index in [4.69, 9.17) is 0 Å². The van der Waals surface area contributed by atoms with E-state index in [-0.39, 0.29) is 12.4 Å². The lowest BCUT2D eigenvalue weighted by Crippen LogP contribution is -2.48. The van der Waals surface area contributed by atoms with Gasteiger partial charge in [0.05, 0.1) is 15.2 Å². The number of aromatic nitrogens is 1. The van der Waals surface area contributed by atoms with Crippen LogP contribution >= 0.6 is 23.7 Å². The molecular formula is C14H20ClN3S. The molecule has 3 rings (SSSR count). The van der Waals surface area contributed by atoms with E-state index in [1.54, 1.807) is 11.3 Å². The summed E-state index contributed by atoms with van der Waals surface area (Å²) >= 11 is 1.79. The molecule has 0 bridgehead atoms. The summed E-state index contributed by atoms with van der Waals surface area (Å²) in [5.74, 6) is 0. The summed E-state index contributed by atoms with van der Waals surface area (Å²) in [5.41, 5.74) is 2.54. The molecule has 3 nitrogen and oxygen atoms in total. The van der Waals surface area contributed by atoms with Crippen molar-refractivity contribution in [3.63, 3.8) is 0 Å². The first-order valence-corrected chi connectivity index (χ1v) is 7.34. The van der Waals surface area contributed by atoms with Gasteiger partial charge in [0.1, 0.15) is 0 Å². The normalized spacial score (nSPS) is 20.4. The summed E-state index contributed by atoms with van der Waals surface area (Å²) in [7, 11) is 0. The van der Waals surface area contributed by atoms with Gasteiger partial charge >= 0.3 is 0 Å². The highest BCUT2D eigenvalue weighted by Gasteiger charge is 2.15. The van der Waals surface area contributed by atoms with E-state index in [1.165, 1.54) is 10.3 Å². The molecule has 2 heterocycles. The number of hydrogen-bond acceptors (Lipinski definition) is 4. The fraction of sp³-hybridized carbons (Fsp3) is 0.500. The zero-order chi connectivity index (χ0) is 12.5. The molecule has 1 aromatic heterocycles. The minimum Gasteiger partial charge on any atom is -0.312 e. The largest absolute Gasteiger partial charge is 0.312 e. The number of benzene rings is 1. The van der Waals surface area contributed by atoms with Crippen molar-refractivity contribution in [1.29, 1.82) is 0 Å². The van der Waals surface area contributed by atoms with Crippen LogP contribution in [0.15, 0.2) is 18.2 Å². The lowest BCUT2D eigenvalue weighted by molar-refractivity contribution is 0.200. The van der Waals surface area contributed by atoms with E-state index in [0.717, 1.165) is 36.7 Å². The number of fused-ring (bicyclic) bond motifs is 1. The third-order valence-corrected chi connectivity index (χ3v) is 4.35. The van der Waals surface area contributed by atoms with Gasteiger partial charge < -0.3 is 5.32 Å². The number of nitrogens with zero attached hydrogens (tertiary/aromatic N) is 2. The van der Waals surface area contributed by atoms with E-state index in [0.29, 0.717) is 6.04 Å². The van der Waals surface area contributed by atoms with Crippen molar-refractivity contribution in [2.45, 2.75) is 26.4 Å². The summed E-state index contributed by atoms with van der Waals surface area (Å²) in [6.45, 7) is 8.76. The topological polar surface area (TPSA) is 28.2 Å². The molecule has 1 aliphatic heterocycles. The van der Waals surface area contributed by atoms with Crippen LogP contribution in [0, 0.1) is 6.92 Å². The first-order chi connectivity index (χ1) is 8.70. The van der Waals surface area contributed by atoms with Gasteiger partial charge in [-0.3, -0.25) is 4.90 Å².